The number of nitrogen functional groups attached to an aromatic ring is 1. The van der Waals surface area contributed by atoms with Gasteiger partial charge in [-0.25, -0.2) is 4.39 Å². The number of hydrogen-bond donors (Lipinski definition) is 1. The van der Waals surface area contributed by atoms with E-state index in [0.717, 1.165) is 0 Å². The molecule has 0 bridgehead atoms. The van der Waals surface area contributed by atoms with Crippen LogP contribution < -0.4 is 10.6 Å². The van der Waals surface area contributed by atoms with Crippen LogP contribution in [0.5, 0.6) is 0 Å². The first-order chi connectivity index (χ1) is 9.40. The van der Waals surface area contributed by atoms with Gasteiger partial charge in [0.2, 0.25) is 0 Å². The molecule has 0 saturated heterocycles. The van der Waals surface area contributed by atoms with E-state index in [1.54, 1.807) is 7.05 Å². The number of amides is 1. The number of nitrogens with zero attached hydrogens (tertiary/aromatic N) is 1. The summed E-state index contributed by atoms with van der Waals surface area (Å²) in [5.74, 6) is -0.686. The molecule has 0 heterocycles. The third kappa shape index (κ3) is 2.86. The van der Waals surface area contributed by atoms with E-state index in [4.69, 9.17) is 28.9 Å². The molecule has 0 aliphatic heterocycles. The molecule has 2 aromatic rings. The van der Waals surface area contributed by atoms with Crippen molar-refractivity contribution in [3.63, 3.8) is 0 Å². The third-order valence-electron chi connectivity index (χ3n) is 2.84. The van der Waals surface area contributed by atoms with E-state index >= 15 is 0 Å². The summed E-state index contributed by atoms with van der Waals surface area (Å²) < 4.78 is 12.9. The maximum Gasteiger partial charge on any atom is 0.258 e. The highest BCUT2D eigenvalue weighted by Gasteiger charge is 2.16. The predicted molar refractivity (Wildman–Crippen MR) is 80.0 cm³/mol. The average Bonchev–Trinajstić information content (AvgIpc) is 2.43. The first kappa shape index (κ1) is 14.6. The van der Waals surface area contributed by atoms with Crippen molar-refractivity contribution in [3.8, 4) is 0 Å². The molecule has 0 spiro atoms. The van der Waals surface area contributed by atoms with E-state index < -0.39 is 0 Å². The lowest BCUT2D eigenvalue weighted by atomic mass is 10.1. The van der Waals surface area contributed by atoms with Crippen molar-refractivity contribution in [2.75, 3.05) is 17.7 Å². The summed E-state index contributed by atoms with van der Waals surface area (Å²) in [5.41, 5.74) is 6.72. The second kappa shape index (κ2) is 5.69. The van der Waals surface area contributed by atoms with Crippen LogP contribution in [0.4, 0.5) is 15.8 Å². The van der Waals surface area contributed by atoms with Gasteiger partial charge in [0.1, 0.15) is 5.82 Å². The van der Waals surface area contributed by atoms with Gasteiger partial charge in [0.25, 0.3) is 5.91 Å². The van der Waals surface area contributed by atoms with Gasteiger partial charge in [-0.1, -0.05) is 23.2 Å². The zero-order chi connectivity index (χ0) is 14.9. The summed E-state index contributed by atoms with van der Waals surface area (Å²) in [7, 11) is 1.58. The smallest absolute Gasteiger partial charge is 0.258 e. The Morgan fingerprint density at radius 3 is 2.15 bits per heavy atom. The first-order valence-corrected chi connectivity index (χ1v) is 6.44. The monoisotopic (exact) mass is 312 g/mol. The molecule has 0 aromatic heterocycles. The highest BCUT2D eigenvalue weighted by atomic mass is 35.5. The molecule has 0 saturated carbocycles. The minimum Gasteiger partial charge on any atom is -0.396 e. The van der Waals surface area contributed by atoms with Gasteiger partial charge in [-0.15, -0.1) is 0 Å². The van der Waals surface area contributed by atoms with Crippen molar-refractivity contribution in [2.24, 2.45) is 0 Å². The Morgan fingerprint density at radius 1 is 1.15 bits per heavy atom. The molecule has 3 nitrogen and oxygen atoms in total. The maximum absolute atomic E-state index is 12.9. The molecule has 2 rings (SSSR count). The molecular formula is C14H11Cl2FN2O. The van der Waals surface area contributed by atoms with Crippen molar-refractivity contribution in [2.45, 2.75) is 0 Å². The first-order valence-electron chi connectivity index (χ1n) is 5.68. The van der Waals surface area contributed by atoms with E-state index in [0.29, 0.717) is 11.3 Å². The van der Waals surface area contributed by atoms with Crippen molar-refractivity contribution in [3.05, 3.63) is 57.8 Å². The Balaban J connectivity index is 2.33. The summed E-state index contributed by atoms with van der Waals surface area (Å²) >= 11 is 11.8. The molecule has 0 atom stereocenters. The van der Waals surface area contributed by atoms with Crippen LogP contribution in [0.3, 0.4) is 0 Å². The highest BCUT2D eigenvalue weighted by Crippen LogP contribution is 2.29. The molecule has 104 valence electrons. The Kier molecular flexibility index (Phi) is 4.16. The fourth-order valence-corrected chi connectivity index (χ4v) is 2.17. The van der Waals surface area contributed by atoms with E-state index in [9.17, 15) is 9.18 Å². The molecule has 0 aliphatic rings. The Hall–Kier alpha value is -1.78. The van der Waals surface area contributed by atoms with Gasteiger partial charge in [0, 0.05) is 18.3 Å². The van der Waals surface area contributed by atoms with Crippen LogP contribution in [0.15, 0.2) is 36.4 Å². The molecule has 1 amide bonds. The number of carbonyl (C=O) groups is 1. The molecular weight excluding hydrogens is 302 g/mol. The summed E-state index contributed by atoms with van der Waals surface area (Å²) in [5, 5.41) is 0.432. The van der Waals surface area contributed by atoms with E-state index in [1.807, 2.05) is 0 Å². The molecule has 2 N–H and O–H groups in total. The van der Waals surface area contributed by atoms with Crippen LogP contribution in [0.2, 0.25) is 10.0 Å². The van der Waals surface area contributed by atoms with Gasteiger partial charge in [-0.2, -0.15) is 0 Å². The average molecular weight is 313 g/mol. The van der Waals surface area contributed by atoms with Crippen LogP contribution in [0, 0.1) is 5.82 Å². The fourth-order valence-electron chi connectivity index (χ4n) is 1.68. The minimum absolute atomic E-state index is 0.216. The van der Waals surface area contributed by atoms with Crippen LogP contribution >= 0.6 is 23.2 Å². The topological polar surface area (TPSA) is 46.3 Å². The van der Waals surface area contributed by atoms with E-state index in [-0.39, 0.29) is 27.5 Å². The molecule has 6 heteroatoms. The van der Waals surface area contributed by atoms with E-state index in [2.05, 4.69) is 0 Å². The van der Waals surface area contributed by atoms with Crippen LogP contribution in [0.1, 0.15) is 10.4 Å². The van der Waals surface area contributed by atoms with Gasteiger partial charge in [0.15, 0.2) is 0 Å². The third-order valence-corrected chi connectivity index (χ3v) is 3.47. The van der Waals surface area contributed by atoms with Crippen LogP contribution in [-0.2, 0) is 0 Å². The highest BCUT2D eigenvalue weighted by molar-refractivity contribution is 6.39. The molecule has 20 heavy (non-hydrogen) atoms. The predicted octanol–water partition coefficient (Wildman–Crippen LogP) is 3.99. The van der Waals surface area contributed by atoms with Crippen LogP contribution in [-0.4, -0.2) is 13.0 Å². The van der Waals surface area contributed by atoms with Gasteiger partial charge < -0.3 is 10.6 Å². The summed E-state index contributed by atoms with van der Waals surface area (Å²) in [6.45, 7) is 0. The summed E-state index contributed by atoms with van der Waals surface area (Å²) in [6.07, 6.45) is 0. The minimum atomic E-state index is -0.367. The van der Waals surface area contributed by atoms with Gasteiger partial charge in [0.05, 0.1) is 15.7 Å². The van der Waals surface area contributed by atoms with Crippen LogP contribution in [0.25, 0.3) is 0 Å². The van der Waals surface area contributed by atoms with Crippen molar-refractivity contribution in [1.29, 1.82) is 0 Å². The lowest BCUT2D eigenvalue weighted by Gasteiger charge is -2.18. The van der Waals surface area contributed by atoms with Gasteiger partial charge in [-0.3, -0.25) is 4.79 Å². The molecule has 0 aliphatic carbocycles. The number of anilines is 2. The molecule has 0 radical (unpaired) electrons. The zero-order valence-electron chi connectivity index (χ0n) is 10.5. The Labute approximate surface area is 125 Å². The molecule has 0 fully saturated rings. The Morgan fingerprint density at radius 2 is 1.65 bits per heavy atom. The number of halogens is 3. The lowest BCUT2D eigenvalue weighted by Crippen LogP contribution is -2.26. The van der Waals surface area contributed by atoms with Crippen molar-refractivity contribution < 1.29 is 9.18 Å². The fraction of sp³-hybridized carbons (Fsp3) is 0.0714. The van der Waals surface area contributed by atoms with Gasteiger partial charge in [-0.05, 0) is 36.4 Å². The summed E-state index contributed by atoms with van der Waals surface area (Å²) in [6, 6.07) is 8.47. The standard InChI is InChI=1S/C14H11Cl2FN2O/c1-19(10-4-2-9(17)3-5-10)14(20)8-6-11(15)13(18)12(16)7-8/h2-7H,18H2,1H3. The lowest BCUT2D eigenvalue weighted by molar-refractivity contribution is 0.0993. The number of rotatable bonds is 2. The number of carbonyl (C=O) groups excluding carboxylic acids is 1. The molecule has 2 aromatic carbocycles. The quantitative estimate of drug-likeness (QED) is 0.852. The SMILES string of the molecule is CN(C(=O)c1cc(Cl)c(N)c(Cl)c1)c1ccc(F)cc1. The van der Waals surface area contributed by atoms with E-state index in [1.165, 1.54) is 41.3 Å². The van der Waals surface area contributed by atoms with Gasteiger partial charge >= 0.3 is 0 Å². The second-order valence-corrected chi connectivity index (χ2v) is 5.01. The van der Waals surface area contributed by atoms with Crippen molar-refractivity contribution in [1.82, 2.24) is 0 Å². The second-order valence-electron chi connectivity index (χ2n) is 4.19. The number of nitrogens with two attached hydrogens (primary N) is 1. The molecule has 0 unspecified atom stereocenters. The zero-order valence-corrected chi connectivity index (χ0v) is 12.0. The number of benzene rings is 2. The summed E-state index contributed by atoms with van der Waals surface area (Å²) in [4.78, 5) is 13.7. The largest absolute Gasteiger partial charge is 0.396 e. The normalized spacial score (nSPS) is 10.4. The maximum atomic E-state index is 12.9. The number of hydrogen-bond acceptors (Lipinski definition) is 2. The van der Waals surface area contributed by atoms with Crippen molar-refractivity contribution >= 4 is 40.5 Å². The Bertz CT molecular complexity index is 636.